The molecule has 18 heavy (non-hydrogen) atoms. The van der Waals surface area contributed by atoms with Crippen molar-refractivity contribution in [3.05, 3.63) is 36.2 Å². The third kappa shape index (κ3) is 1.82. The van der Waals surface area contributed by atoms with Crippen molar-refractivity contribution < 1.29 is 9.90 Å². The van der Waals surface area contributed by atoms with Crippen molar-refractivity contribution in [2.45, 2.75) is 12.5 Å². The van der Waals surface area contributed by atoms with E-state index in [9.17, 15) is 9.90 Å². The fourth-order valence-corrected chi connectivity index (χ4v) is 2.26. The zero-order valence-electron chi connectivity index (χ0n) is 9.78. The summed E-state index contributed by atoms with van der Waals surface area (Å²) in [6.45, 7) is 0.992. The highest BCUT2D eigenvalue weighted by Crippen LogP contribution is 2.18. The first-order chi connectivity index (χ1) is 8.75. The molecule has 1 fully saturated rings. The lowest BCUT2D eigenvalue weighted by Crippen LogP contribution is -2.29. The van der Waals surface area contributed by atoms with E-state index in [0.717, 1.165) is 0 Å². The van der Waals surface area contributed by atoms with Crippen LogP contribution in [0.25, 0.3) is 11.0 Å². The van der Waals surface area contributed by atoms with Crippen LogP contribution in [0.4, 0.5) is 0 Å². The van der Waals surface area contributed by atoms with E-state index in [0.29, 0.717) is 36.1 Å². The number of hydrogen-bond donors (Lipinski definition) is 1. The molecular weight excluding hydrogens is 230 g/mol. The minimum absolute atomic E-state index is 0.0855. The maximum atomic E-state index is 12.4. The van der Waals surface area contributed by atoms with Crippen LogP contribution in [0, 0.1) is 0 Å². The van der Waals surface area contributed by atoms with Gasteiger partial charge in [-0.2, -0.15) is 0 Å². The van der Waals surface area contributed by atoms with Crippen LogP contribution in [0.2, 0.25) is 0 Å². The van der Waals surface area contributed by atoms with E-state index >= 15 is 0 Å². The number of hydrogen-bond acceptors (Lipinski definition) is 4. The largest absolute Gasteiger partial charge is 0.391 e. The van der Waals surface area contributed by atoms with Gasteiger partial charge in [0, 0.05) is 25.5 Å². The molecule has 1 saturated heterocycles. The van der Waals surface area contributed by atoms with Crippen molar-refractivity contribution in [2.75, 3.05) is 13.1 Å². The van der Waals surface area contributed by atoms with E-state index in [-0.39, 0.29) is 5.91 Å². The zero-order valence-corrected chi connectivity index (χ0v) is 9.78. The third-order valence-electron chi connectivity index (χ3n) is 3.18. The summed E-state index contributed by atoms with van der Waals surface area (Å²) in [5.41, 5.74) is 1.88. The lowest BCUT2D eigenvalue weighted by atomic mass is 10.1. The monoisotopic (exact) mass is 243 g/mol. The molecule has 0 radical (unpaired) electrons. The normalized spacial score (nSPS) is 19.4. The number of likely N-dealkylation sites (tertiary alicyclic amines) is 1. The fourth-order valence-electron chi connectivity index (χ4n) is 2.26. The number of benzene rings is 1. The molecule has 1 aromatic carbocycles. The molecule has 2 heterocycles. The number of aliphatic hydroxyl groups is 1. The predicted molar refractivity (Wildman–Crippen MR) is 66.1 cm³/mol. The molecule has 2 aromatic rings. The van der Waals surface area contributed by atoms with Crippen LogP contribution in [0.3, 0.4) is 0 Å². The van der Waals surface area contributed by atoms with Gasteiger partial charge in [-0.15, -0.1) is 0 Å². The second kappa shape index (κ2) is 4.34. The molecule has 1 N–H and O–H groups in total. The smallest absolute Gasteiger partial charge is 0.256 e. The summed E-state index contributed by atoms with van der Waals surface area (Å²) in [6.07, 6.45) is 3.42. The number of para-hydroxylation sites is 1. The second-order valence-corrected chi connectivity index (χ2v) is 4.42. The van der Waals surface area contributed by atoms with Crippen LogP contribution >= 0.6 is 0 Å². The number of fused-ring (bicyclic) bond motifs is 1. The SMILES string of the molecule is O=C(c1cccc2nccnc12)N1CC[C@H](O)C1. The molecule has 0 unspecified atom stereocenters. The van der Waals surface area contributed by atoms with Gasteiger partial charge in [-0.3, -0.25) is 14.8 Å². The van der Waals surface area contributed by atoms with Crippen LogP contribution in [0.1, 0.15) is 16.8 Å². The average molecular weight is 243 g/mol. The summed E-state index contributed by atoms with van der Waals surface area (Å²) < 4.78 is 0. The van der Waals surface area contributed by atoms with Crippen LogP contribution in [0.5, 0.6) is 0 Å². The highest BCUT2D eigenvalue weighted by Gasteiger charge is 2.26. The van der Waals surface area contributed by atoms with E-state index in [4.69, 9.17) is 0 Å². The Morgan fingerprint density at radius 2 is 2.17 bits per heavy atom. The molecule has 92 valence electrons. The van der Waals surface area contributed by atoms with E-state index in [1.54, 1.807) is 29.4 Å². The van der Waals surface area contributed by atoms with Crippen molar-refractivity contribution in [2.24, 2.45) is 0 Å². The third-order valence-corrected chi connectivity index (χ3v) is 3.18. The van der Waals surface area contributed by atoms with Gasteiger partial charge in [0.1, 0.15) is 5.52 Å². The first-order valence-corrected chi connectivity index (χ1v) is 5.93. The van der Waals surface area contributed by atoms with E-state index in [2.05, 4.69) is 9.97 Å². The Bertz CT molecular complexity index is 594. The second-order valence-electron chi connectivity index (χ2n) is 4.42. The number of rotatable bonds is 1. The van der Waals surface area contributed by atoms with Gasteiger partial charge in [-0.05, 0) is 18.6 Å². The van der Waals surface area contributed by atoms with E-state index in [1.807, 2.05) is 6.07 Å². The number of aromatic nitrogens is 2. The van der Waals surface area contributed by atoms with Gasteiger partial charge in [0.05, 0.1) is 17.2 Å². The van der Waals surface area contributed by atoms with E-state index < -0.39 is 6.10 Å². The minimum Gasteiger partial charge on any atom is -0.391 e. The maximum absolute atomic E-state index is 12.4. The quantitative estimate of drug-likeness (QED) is 0.806. The zero-order chi connectivity index (χ0) is 12.5. The maximum Gasteiger partial charge on any atom is 0.256 e. The Morgan fingerprint density at radius 3 is 2.94 bits per heavy atom. The number of carbonyl (C=O) groups excluding carboxylic acids is 1. The number of aliphatic hydroxyl groups excluding tert-OH is 1. The number of nitrogens with zero attached hydrogens (tertiary/aromatic N) is 3. The molecule has 1 amide bonds. The standard InChI is InChI=1S/C13H13N3O2/c17-9-4-7-16(8-9)13(18)10-2-1-3-11-12(10)15-6-5-14-11/h1-3,5-6,9,17H,4,7-8H2/t9-/m0/s1. The summed E-state index contributed by atoms with van der Waals surface area (Å²) >= 11 is 0. The van der Waals surface area contributed by atoms with Crippen LogP contribution in [-0.2, 0) is 0 Å². The lowest BCUT2D eigenvalue weighted by Gasteiger charge is -2.16. The molecule has 0 saturated carbocycles. The number of carbonyl (C=O) groups is 1. The summed E-state index contributed by atoms with van der Waals surface area (Å²) in [7, 11) is 0. The molecule has 3 rings (SSSR count). The predicted octanol–water partition coefficient (Wildman–Crippen LogP) is 0.837. The molecule has 1 atom stereocenters. The van der Waals surface area contributed by atoms with Gasteiger partial charge in [0.15, 0.2) is 0 Å². The summed E-state index contributed by atoms with van der Waals surface area (Å²) in [4.78, 5) is 22.4. The van der Waals surface area contributed by atoms with Crippen LogP contribution in [-0.4, -0.2) is 45.1 Å². The van der Waals surface area contributed by atoms with Gasteiger partial charge in [0.25, 0.3) is 5.91 Å². The summed E-state index contributed by atoms with van der Waals surface area (Å²) in [5.74, 6) is -0.0855. The molecule has 1 aliphatic rings. The highest BCUT2D eigenvalue weighted by atomic mass is 16.3. The van der Waals surface area contributed by atoms with Crippen LogP contribution in [0.15, 0.2) is 30.6 Å². The Labute approximate surface area is 104 Å². The molecular formula is C13H13N3O2. The number of β-amino-alcohol motifs (C(OH)–C–C–N with tert-alkyl or cyclic N) is 1. The summed E-state index contributed by atoms with van der Waals surface area (Å²) in [5, 5.41) is 9.49. The van der Waals surface area contributed by atoms with Gasteiger partial charge < -0.3 is 10.0 Å². The molecule has 0 spiro atoms. The molecule has 5 nitrogen and oxygen atoms in total. The molecule has 0 bridgehead atoms. The summed E-state index contributed by atoms with van der Waals surface area (Å²) in [6, 6.07) is 5.39. The van der Waals surface area contributed by atoms with Crippen LogP contribution < -0.4 is 0 Å². The molecule has 5 heteroatoms. The van der Waals surface area contributed by atoms with E-state index in [1.165, 1.54) is 0 Å². The Morgan fingerprint density at radius 1 is 1.33 bits per heavy atom. The van der Waals surface area contributed by atoms with Gasteiger partial charge in [-0.25, -0.2) is 0 Å². The Balaban J connectivity index is 2.01. The lowest BCUT2D eigenvalue weighted by molar-refractivity contribution is 0.0766. The Hall–Kier alpha value is -2.01. The Kier molecular flexibility index (Phi) is 2.68. The van der Waals surface area contributed by atoms with Gasteiger partial charge in [-0.1, -0.05) is 6.07 Å². The topological polar surface area (TPSA) is 66.3 Å². The van der Waals surface area contributed by atoms with Crippen molar-refractivity contribution in [3.8, 4) is 0 Å². The first kappa shape index (κ1) is 11.1. The van der Waals surface area contributed by atoms with Crippen molar-refractivity contribution >= 4 is 16.9 Å². The molecule has 0 aliphatic carbocycles. The van der Waals surface area contributed by atoms with Crippen molar-refractivity contribution in [3.63, 3.8) is 0 Å². The highest BCUT2D eigenvalue weighted by molar-refractivity contribution is 6.04. The minimum atomic E-state index is -0.407. The number of amides is 1. The van der Waals surface area contributed by atoms with Gasteiger partial charge in [0.2, 0.25) is 0 Å². The molecule has 1 aromatic heterocycles. The van der Waals surface area contributed by atoms with Gasteiger partial charge >= 0.3 is 0 Å². The average Bonchev–Trinajstić information content (AvgIpc) is 2.84. The molecule has 1 aliphatic heterocycles. The fraction of sp³-hybridized carbons (Fsp3) is 0.308. The van der Waals surface area contributed by atoms with Crippen molar-refractivity contribution in [1.29, 1.82) is 0 Å². The first-order valence-electron chi connectivity index (χ1n) is 5.93. The van der Waals surface area contributed by atoms with Crippen molar-refractivity contribution in [1.82, 2.24) is 14.9 Å².